The molecule has 0 radical (unpaired) electrons. The Kier molecular flexibility index (Phi) is 6.20. The van der Waals surface area contributed by atoms with Crippen molar-refractivity contribution in [2.45, 2.75) is 39.9 Å². The van der Waals surface area contributed by atoms with Gasteiger partial charge in [-0.25, -0.2) is 9.59 Å². The van der Waals surface area contributed by atoms with Crippen molar-refractivity contribution in [3.63, 3.8) is 0 Å². The molecule has 0 aliphatic rings. The van der Waals surface area contributed by atoms with Crippen molar-refractivity contribution in [2.24, 2.45) is 0 Å². The summed E-state index contributed by atoms with van der Waals surface area (Å²) in [4.78, 5) is 23.8. The second-order valence-corrected chi connectivity index (χ2v) is 6.43. The van der Waals surface area contributed by atoms with E-state index in [9.17, 15) is 9.59 Å². The minimum Gasteiger partial charge on any atom is -0.459 e. The van der Waals surface area contributed by atoms with Gasteiger partial charge in [-0.05, 0) is 71.7 Å². The summed E-state index contributed by atoms with van der Waals surface area (Å²) in [6.45, 7) is 7.09. The second kappa shape index (κ2) is 7.22. The lowest BCUT2D eigenvalue weighted by molar-refractivity contribution is 0.0360. The summed E-state index contributed by atoms with van der Waals surface area (Å²) in [6, 6.07) is 3.10. The first-order chi connectivity index (χ1) is 9.22. The van der Waals surface area contributed by atoms with E-state index in [-0.39, 0.29) is 12.2 Å². The van der Waals surface area contributed by atoms with Crippen LogP contribution in [0.25, 0.3) is 0 Å². The Bertz CT molecular complexity index is 501. The standard InChI is InChI=1S/C14H16Br2O4/c1-7(2)19-13(17)9-5-10(15)12(11(16)6-9)14(18)20-8(3)4/h5-8H,1-4H3. The first kappa shape index (κ1) is 17.2. The summed E-state index contributed by atoms with van der Waals surface area (Å²) >= 11 is 6.57. The van der Waals surface area contributed by atoms with Crippen LogP contribution in [0.3, 0.4) is 0 Å². The highest BCUT2D eigenvalue weighted by molar-refractivity contribution is 9.11. The molecule has 0 amide bonds. The molecule has 0 unspecified atom stereocenters. The Morgan fingerprint density at radius 1 is 0.900 bits per heavy atom. The fourth-order valence-corrected chi connectivity index (χ4v) is 2.95. The van der Waals surface area contributed by atoms with E-state index in [1.807, 2.05) is 0 Å². The van der Waals surface area contributed by atoms with Gasteiger partial charge in [0.25, 0.3) is 0 Å². The Labute approximate surface area is 135 Å². The fourth-order valence-electron chi connectivity index (χ4n) is 1.44. The Morgan fingerprint density at radius 2 is 1.30 bits per heavy atom. The summed E-state index contributed by atoms with van der Waals surface area (Å²) in [7, 11) is 0. The molecule has 0 aromatic heterocycles. The first-order valence-corrected chi connectivity index (χ1v) is 7.72. The van der Waals surface area contributed by atoms with Gasteiger partial charge in [0.1, 0.15) is 0 Å². The molecule has 1 aromatic rings. The highest BCUT2D eigenvalue weighted by Gasteiger charge is 2.20. The average molecular weight is 408 g/mol. The first-order valence-electron chi connectivity index (χ1n) is 6.13. The maximum Gasteiger partial charge on any atom is 0.340 e. The number of carbonyl (C=O) groups is 2. The smallest absolute Gasteiger partial charge is 0.340 e. The van der Waals surface area contributed by atoms with E-state index in [0.29, 0.717) is 20.1 Å². The van der Waals surface area contributed by atoms with Crippen LogP contribution in [0, 0.1) is 0 Å². The largest absolute Gasteiger partial charge is 0.459 e. The zero-order chi connectivity index (χ0) is 15.4. The zero-order valence-corrected chi connectivity index (χ0v) is 14.9. The van der Waals surface area contributed by atoms with Gasteiger partial charge in [-0.1, -0.05) is 0 Å². The Hall–Kier alpha value is -0.880. The lowest BCUT2D eigenvalue weighted by atomic mass is 10.1. The van der Waals surface area contributed by atoms with Gasteiger partial charge in [-0.3, -0.25) is 0 Å². The van der Waals surface area contributed by atoms with Crippen LogP contribution in [-0.2, 0) is 9.47 Å². The van der Waals surface area contributed by atoms with E-state index in [1.165, 1.54) is 0 Å². The topological polar surface area (TPSA) is 52.6 Å². The van der Waals surface area contributed by atoms with E-state index in [4.69, 9.17) is 9.47 Å². The van der Waals surface area contributed by atoms with Crippen molar-refractivity contribution in [1.82, 2.24) is 0 Å². The van der Waals surface area contributed by atoms with Gasteiger partial charge >= 0.3 is 11.9 Å². The minimum atomic E-state index is -0.456. The van der Waals surface area contributed by atoms with Crippen molar-refractivity contribution in [3.8, 4) is 0 Å². The number of carbonyl (C=O) groups excluding carboxylic acids is 2. The van der Waals surface area contributed by atoms with E-state index < -0.39 is 11.9 Å². The number of hydrogen-bond acceptors (Lipinski definition) is 4. The predicted octanol–water partition coefficient (Wildman–Crippen LogP) is 4.34. The van der Waals surface area contributed by atoms with Crippen LogP contribution >= 0.6 is 31.9 Å². The highest BCUT2D eigenvalue weighted by atomic mass is 79.9. The average Bonchev–Trinajstić information content (AvgIpc) is 2.25. The molecule has 0 N–H and O–H groups in total. The van der Waals surface area contributed by atoms with Gasteiger partial charge < -0.3 is 9.47 Å². The maximum atomic E-state index is 12.0. The van der Waals surface area contributed by atoms with Crippen molar-refractivity contribution in [3.05, 3.63) is 32.2 Å². The molecule has 1 aromatic carbocycles. The third-order valence-electron chi connectivity index (χ3n) is 2.17. The molecular formula is C14H16Br2O4. The van der Waals surface area contributed by atoms with Crippen molar-refractivity contribution < 1.29 is 19.1 Å². The van der Waals surface area contributed by atoms with Gasteiger partial charge in [0.05, 0.1) is 23.3 Å². The molecule has 0 aliphatic heterocycles. The van der Waals surface area contributed by atoms with Gasteiger partial charge in [0.2, 0.25) is 0 Å². The molecule has 0 heterocycles. The van der Waals surface area contributed by atoms with Crippen molar-refractivity contribution in [2.75, 3.05) is 0 Å². The maximum absolute atomic E-state index is 12.0. The van der Waals surface area contributed by atoms with Crippen LogP contribution in [0.2, 0.25) is 0 Å². The molecule has 0 aliphatic carbocycles. The van der Waals surface area contributed by atoms with Crippen LogP contribution in [0.5, 0.6) is 0 Å². The zero-order valence-electron chi connectivity index (χ0n) is 11.7. The summed E-state index contributed by atoms with van der Waals surface area (Å²) < 4.78 is 11.2. The van der Waals surface area contributed by atoms with Gasteiger partial charge in [0.15, 0.2) is 0 Å². The normalized spacial score (nSPS) is 10.8. The van der Waals surface area contributed by atoms with E-state index in [2.05, 4.69) is 31.9 Å². The van der Waals surface area contributed by atoms with E-state index in [0.717, 1.165) is 0 Å². The lowest BCUT2D eigenvalue weighted by Gasteiger charge is -2.13. The summed E-state index contributed by atoms with van der Waals surface area (Å²) in [5.41, 5.74) is 0.707. The summed E-state index contributed by atoms with van der Waals surface area (Å²) in [5, 5.41) is 0. The molecule has 1 rings (SSSR count). The summed E-state index contributed by atoms with van der Waals surface area (Å²) in [6.07, 6.45) is -0.419. The van der Waals surface area contributed by atoms with Crippen LogP contribution in [0.15, 0.2) is 21.1 Å². The predicted molar refractivity (Wildman–Crippen MR) is 82.9 cm³/mol. The molecule has 0 bridgehead atoms. The van der Waals surface area contributed by atoms with E-state index >= 15 is 0 Å². The number of benzene rings is 1. The van der Waals surface area contributed by atoms with Crippen LogP contribution in [0.4, 0.5) is 0 Å². The molecule has 0 spiro atoms. The number of esters is 2. The van der Waals surface area contributed by atoms with Crippen LogP contribution in [-0.4, -0.2) is 24.1 Å². The second-order valence-electron chi connectivity index (χ2n) is 4.72. The molecule has 20 heavy (non-hydrogen) atoms. The SMILES string of the molecule is CC(C)OC(=O)c1cc(Br)c(C(=O)OC(C)C)c(Br)c1. The molecule has 0 atom stereocenters. The summed E-state index contributed by atoms with van der Waals surface area (Å²) in [5.74, 6) is -0.896. The fraction of sp³-hybridized carbons (Fsp3) is 0.429. The Balaban J connectivity index is 3.09. The molecule has 0 saturated carbocycles. The number of halogens is 2. The molecule has 6 heteroatoms. The van der Waals surface area contributed by atoms with Crippen molar-refractivity contribution >= 4 is 43.8 Å². The highest BCUT2D eigenvalue weighted by Crippen LogP contribution is 2.29. The van der Waals surface area contributed by atoms with Gasteiger partial charge in [0, 0.05) is 8.95 Å². The van der Waals surface area contributed by atoms with Crippen molar-refractivity contribution in [1.29, 1.82) is 0 Å². The monoisotopic (exact) mass is 406 g/mol. The molecule has 0 fully saturated rings. The molecule has 0 saturated heterocycles. The number of ether oxygens (including phenoxy) is 2. The molecule has 110 valence electrons. The Morgan fingerprint density at radius 3 is 1.70 bits per heavy atom. The van der Waals surface area contributed by atoms with E-state index in [1.54, 1.807) is 39.8 Å². The van der Waals surface area contributed by atoms with Crippen LogP contribution < -0.4 is 0 Å². The number of hydrogen-bond donors (Lipinski definition) is 0. The van der Waals surface area contributed by atoms with Gasteiger partial charge in [-0.15, -0.1) is 0 Å². The van der Waals surface area contributed by atoms with Crippen LogP contribution in [0.1, 0.15) is 48.4 Å². The number of rotatable bonds is 4. The molecule has 4 nitrogen and oxygen atoms in total. The third-order valence-corrected chi connectivity index (χ3v) is 3.42. The quantitative estimate of drug-likeness (QED) is 0.696. The third kappa shape index (κ3) is 4.59. The minimum absolute atomic E-state index is 0.203. The molecular weight excluding hydrogens is 392 g/mol. The van der Waals surface area contributed by atoms with Gasteiger partial charge in [-0.2, -0.15) is 0 Å². The lowest BCUT2D eigenvalue weighted by Crippen LogP contribution is -2.15.